The lowest BCUT2D eigenvalue weighted by Gasteiger charge is -2.17. The molecule has 2 aromatic rings. The van der Waals surface area contributed by atoms with Crippen molar-refractivity contribution >= 4 is 17.3 Å². The van der Waals surface area contributed by atoms with Crippen molar-refractivity contribution in [1.82, 2.24) is 9.78 Å². The van der Waals surface area contributed by atoms with Crippen LogP contribution >= 0.6 is 11.6 Å². The lowest BCUT2D eigenvalue weighted by Crippen LogP contribution is -2.23. The van der Waals surface area contributed by atoms with Gasteiger partial charge in [-0.05, 0) is 31.5 Å². The van der Waals surface area contributed by atoms with Gasteiger partial charge in [0.1, 0.15) is 10.8 Å². The molecule has 1 heterocycles. The van der Waals surface area contributed by atoms with Gasteiger partial charge in [0.15, 0.2) is 0 Å². The summed E-state index contributed by atoms with van der Waals surface area (Å²) in [6.45, 7) is 4.33. The first kappa shape index (κ1) is 15.4. The average Bonchev–Trinajstić information content (AvgIpc) is 2.52. The van der Waals surface area contributed by atoms with Crippen molar-refractivity contribution in [2.75, 3.05) is 12.4 Å². The highest BCUT2D eigenvalue weighted by atomic mass is 35.5. The Kier molecular flexibility index (Phi) is 4.85. The lowest BCUT2D eigenvalue weighted by atomic mass is 10.1. The zero-order valence-electron chi connectivity index (χ0n) is 12.3. The number of methoxy groups -OCH3 is 1. The first-order valence-electron chi connectivity index (χ1n) is 6.73. The van der Waals surface area contributed by atoms with E-state index in [-0.39, 0.29) is 16.6 Å². The molecule has 112 valence electrons. The molecule has 0 spiro atoms. The smallest absolute Gasteiger partial charge is 0.287 e. The number of rotatable bonds is 5. The van der Waals surface area contributed by atoms with Crippen LogP contribution in [0.1, 0.15) is 25.5 Å². The van der Waals surface area contributed by atoms with Crippen molar-refractivity contribution in [3.63, 3.8) is 0 Å². The summed E-state index contributed by atoms with van der Waals surface area (Å²) in [5.41, 5.74) is 1.31. The van der Waals surface area contributed by atoms with Crippen molar-refractivity contribution in [2.45, 2.75) is 26.4 Å². The molecular weight excluding hydrogens is 290 g/mol. The van der Waals surface area contributed by atoms with E-state index in [0.717, 1.165) is 11.3 Å². The number of anilines is 1. The molecule has 0 saturated carbocycles. The summed E-state index contributed by atoms with van der Waals surface area (Å²) in [6.07, 6.45) is 1.58. The van der Waals surface area contributed by atoms with Gasteiger partial charge in [0.2, 0.25) is 0 Å². The predicted octanol–water partition coefficient (Wildman–Crippen LogP) is 3.10. The molecule has 0 radical (unpaired) electrons. The minimum Gasteiger partial charge on any atom is -0.497 e. The third-order valence-corrected chi connectivity index (χ3v) is 3.64. The zero-order valence-corrected chi connectivity index (χ0v) is 13.0. The molecule has 1 aromatic heterocycles. The third-order valence-electron chi connectivity index (χ3n) is 3.27. The number of nitrogens with one attached hydrogen (secondary N) is 1. The number of aromatic nitrogens is 2. The molecule has 1 atom stereocenters. The summed E-state index contributed by atoms with van der Waals surface area (Å²) >= 11 is 6.10. The molecule has 0 aliphatic rings. The second-order valence-electron chi connectivity index (χ2n) is 4.63. The van der Waals surface area contributed by atoms with Gasteiger partial charge in [-0.15, -0.1) is 0 Å². The van der Waals surface area contributed by atoms with E-state index in [1.165, 1.54) is 4.68 Å². The maximum Gasteiger partial charge on any atom is 0.287 e. The summed E-state index contributed by atoms with van der Waals surface area (Å²) in [5.74, 6) is 0.802. The standard InChI is InChI=1S/C15H18ClN3O2/c1-4-19-15(20)14(16)13(9-17-19)18-10(2)11-5-7-12(21-3)8-6-11/h5-10,18H,4H2,1-3H3. The van der Waals surface area contributed by atoms with Gasteiger partial charge in [0, 0.05) is 12.6 Å². The van der Waals surface area contributed by atoms with Crippen LogP contribution in [0.2, 0.25) is 5.02 Å². The second-order valence-corrected chi connectivity index (χ2v) is 5.01. The number of nitrogens with zero attached hydrogens (tertiary/aromatic N) is 2. The number of benzene rings is 1. The number of halogens is 1. The highest BCUT2D eigenvalue weighted by Gasteiger charge is 2.12. The van der Waals surface area contributed by atoms with Gasteiger partial charge in [0.05, 0.1) is 19.0 Å². The molecule has 1 aromatic carbocycles. The Balaban J connectivity index is 2.21. The molecule has 0 fully saturated rings. The van der Waals surface area contributed by atoms with Gasteiger partial charge in [-0.3, -0.25) is 4.79 Å². The SMILES string of the molecule is CCn1ncc(NC(C)c2ccc(OC)cc2)c(Cl)c1=O. The van der Waals surface area contributed by atoms with Gasteiger partial charge < -0.3 is 10.1 Å². The fourth-order valence-electron chi connectivity index (χ4n) is 2.00. The van der Waals surface area contributed by atoms with E-state index in [0.29, 0.717) is 12.2 Å². The van der Waals surface area contributed by atoms with Crippen LogP contribution in [-0.4, -0.2) is 16.9 Å². The maximum absolute atomic E-state index is 11.9. The topological polar surface area (TPSA) is 56.1 Å². The maximum atomic E-state index is 11.9. The summed E-state index contributed by atoms with van der Waals surface area (Å²) < 4.78 is 6.46. The molecule has 21 heavy (non-hydrogen) atoms. The molecule has 0 aliphatic carbocycles. The quantitative estimate of drug-likeness (QED) is 0.922. The van der Waals surface area contributed by atoms with Crippen molar-refractivity contribution in [3.8, 4) is 5.75 Å². The summed E-state index contributed by atoms with van der Waals surface area (Å²) in [4.78, 5) is 11.9. The predicted molar refractivity (Wildman–Crippen MR) is 84.2 cm³/mol. The summed E-state index contributed by atoms with van der Waals surface area (Å²) in [5, 5.41) is 7.44. The fourth-order valence-corrected chi connectivity index (χ4v) is 2.20. The van der Waals surface area contributed by atoms with Gasteiger partial charge in [0.25, 0.3) is 5.56 Å². The Morgan fingerprint density at radius 3 is 2.62 bits per heavy atom. The Bertz CT molecular complexity index is 668. The molecule has 0 bridgehead atoms. The van der Waals surface area contributed by atoms with E-state index >= 15 is 0 Å². The molecule has 6 heteroatoms. The highest BCUT2D eigenvalue weighted by molar-refractivity contribution is 6.32. The molecule has 1 unspecified atom stereocenters. The van der Waals surface area contributed by atoms with Crippen LogP contribution in [0.5, 0.6) is 5.75 Å². The van der Waals surface area contributed by atoms with Crippen LogP contribution in [0.3, 0.4) is 0 Å². The van der Waals surface area contributed by atoms with E-state index in [1.807, 2.05) is 38.1 Å². The summed E-state index contributed by atoms with van der Waals surface area (Å²) in [7, 11) is 1.63. The summed E-state index contributed by atoms with van der Waals surface area (Å²) in [6, 6.07) is 7.70. The molecule has 0 amide bonds. The van der Waals surface area contributed by atoms with E-state index in [4.69, 9.17) is 16.3 Å². The average molecular weight is 308 g/mol. The molecule has 2 rings (SSSR count). The van der Waals surface area contributed by atoms with Crippen LogP contribution in [-0.2, 0) is 6.54 Å². The lowest BCUT2D eigenvalue weighted by molar-refractivity contribution is 0.414. The van der Waals surface area contributed by atoms with Crippen LogP contribution < -0.4 is 15.6 Å². The normalized spacial score (nSPS) is 12.0. The fraction of sp³-hybridized carbons (Fsp3) is 0.333. The molecule has 0 saturated heterocycles. The van der Waals surface area contributed by atoms with Crippen molar-refractivity contribution in [2.24, 2.45) is 0 Å². The van der Waals surface area contributed by atoms with Gasteiger partial charge in [-0.1, -0.05) is 23.7 Å². The second kappa shape index (κ2) is 6.63. The van der Waals surface area contributed by atoms with Gasteiger partial charge in [-0.2, -0.15) is 5.10 Å². The Hall–Kier alpha value is -2.01. The van der Waals surface area contributed by atoms with Crippen LogP contribution in [0, 0.1) is 0 Å². The van der Waals surface area contributed by atoms with E-state index in [9.17, 15) is 4.79 Å². The van der Waals surface area contributed by atoms with Crippen LogP contribution in [0.25, 0.3) is 0 Å². The van der Waals surface area contributed by atoms with Crippen LogP contribution in [0.15, 0.2) is 35.3 Å². The Labute approximate surface area is 128 Å². The zero-order chi connectivity index (χ0) is 15.4. The molecular formula is C15H18ClN3O2. The van der Waals surface area contributed by atoms with E-state index < -0.39 is 0 Å². The highest BCUT2D eigenvalue weighted by Crippen LogP contribution is 2.24. The number of ether oxygens (including phenoxy) is 1. The first-order chi connectivity index (χ1) is 10.1. The number of hydrogen-bond donors (Lipinski definition) is 1. The monoisotopic (exact) mass is 307 g/mol. The van der Waals surface area contributed by atoms with E-state index in [2.05, 4.69) is 10.4 Å². The van der Waals surface area contributed by atoms with Crippen molar-refractivity contribution in [1.29, 1.82) is 0 Å². The largest absolute Gasteiger partial charge is 0.497 e. The minimum atomic E-state index is -0.286. The minimum absolute atomic E-state index is 0.00733. The van der Waals surface area contributed by atoms with Gasteiger partial charge in [-0.25, -0.2) is 4.68 Å². The van der Waals surface area contributed by atoms with Crippen molar-refractivity contribution in [3.05, 3.63) is 51.4 Å². The molecule has 5 nitrogen and oxygen atoms in total. The Morgan fingerprint density at radius 2 is 2.05 bits per heavy atom. The molecule has 1 N–H and O–H groups in total. The van der Waals surface area contributed by atoms with Crippen molar-refractivity contribution < 1.29 is 4.74 Å². The molecule has 0 aliphatic heterocycles. The van der Waals surface area contributed by atoms with E-state index in [1.54, 1.807) is 13.3 Å². The number of hydrogen-bond acceptors (Lipinski definition) is 4. The van der Waals surface area contributed by atoms with Gasteiger partial charge >= 0.3 is 0 Å². The van der Waals surface area contributed by atoms with Crippen LogP contribution in [0.4, 0.5) is 5.69 Å². The number of aryl methyl sites for hydroxylation is 1. The Morgan fingerprint density at radius 1 is 1.38 bits per heavy atom. The third kappa shape index (κ3) is 3.36. The first-order valence-corrected chi connectivity index (χ1v) is 7.10.